The third-order valence-electron chi connectivity index (χ3n) is 3.42. The number of carbonyl (C=O) groups is 1. The average molecular weight is 315 g/mol. The Balaban J connectivity index is 2.00. The van der Waals surface area contributed by atoms with Crippen LogP contribution in [0.15, 0.2) is 41.2 Å². The molecule has 0 fully saturated rings. The lowest BCUT2D eigenvalue weighted by Crippen LogP contribution is -2.31. The molecule has 0 bridgehead atoms. The Morgan fingerprint density at radius 3 is 2.70 bits per heavy atom. The molecular weight excluding hydrogens is 294 g/mol. The van der Waals surface area contributed by atoms with Crippen LogP contribution in [0.2, 0.25) is 0 Å². The molecule has 1 aromatic heterocycles. The highest BCUT2D eigenvalue weighted by molar-refractivity contribution is 5.91. The molecule has 23 heavy (non-hydrogen) atoms. The summed E-state index contributed by atoms with van der Waals surface area (Å²) in [5.74, 6) is 0.502. The number of carbonyl (C=O) groups excluding carboxylic acids is 1. The minimum atomic E-state index is -0.297. The van der Waals surface area contributed by atoms with E-state index in [1.807, 2.05) is 38.1 Å². The first-order valence-corrected chi connectivity index (χ1v) is 7.53. The molecule has 1 N–H and O–H groups in total. The van der Waals surface area contributed by atoms with E-state index in [0.29, 0.717) is 13.0 Å². The summed E-state index contributed by atoms with van der Waals surface area (Å²) in [6.45, 7) is 4.15. The molecule has 0 aliphatic carbocycles. The number of aromatic nitrogens is 2. The van der Waals surface area contributed by atoms with Crippen LogP contribution in [0.4, 0.5) is 0 Å². The number of nitrogens with zero attached hydrogens (tertiary/aromatic N) is 2. The standard InChI is InChI=1S/C17H21N3O3/c1-12(2)20-16(21)9-8-14(19-20)17(22)18-11-10-13-6-4-5-7-15(13)23-3/h4-9,12H,10-11H2,1-3H3,(H,18,22). The lowest BCUT2D eigenvalue weighted by atomic mass is 10.1. The lowest BCUT2D eigenvalue weighted by Gasteiger charge is -2.11. The Bertz CT molecular complexity index is 738. The van der Waals surface area contributed by atoms with Crippen molar-refractivity contribution in [2.45, 2.75) is 26.3 Å². The van der Waals surface area contributed by atoms with Gasteiger partial charge < -0.3 is 10.1 Å². The maximum Gasteiger partial charge on any atom is 0.271 e. The van der Waals surface area contributed by atoms with E-state index in [1.165, 1.54) is 16.8 Å². The van der Waals surface area contributed by atoms with Crippen molar-refractivity contribution in [3.05, 3.63) is 58.0 Å². The van der Waals surface area contributed by atoms with Crippen molar-refractivity contribution in [3.8, 4) is 5.75 Å². The fourth-order valence-corrected chi connectivity index (χ4v) is 2.23. The van der Waals surface area contributed by atoms with Crippen molar-refractivity contribution in [3.63, 3.8) is 0 Å². The summed E-state index contributed by atoms with van der Waals surface area (Å²) >= 11 is 0. The first-order valence-electron chi connectivity index (χ1n) is 7.53. The van der Waals surface area contributed by atoms with Gasteiger partial charge in [-0.3, -0.25) is 9.59 Å². The fraction of sp³-hybridized carbons (Fsp3) is 0.353. The van der Waals surface area contributed by atoms with Crippen LogP contribution in [0.5, 0.6) is 5.75 Å². The zero-order valence-corrected chi connectivity index (χ0v) is 13.6. The number of ether oxygens (including phenoxy) is 1. The summed E-state index contributed by atoms with van der Waals surface area (Å²) in [6.07, 6.45) is 0.652. The van der Waals surface area contributed by atoms with Gasteiger partial charge in [-0.2, -0.15) is 5.10 Å². The molecule has 122 valence electrons. The number of rotatable bonds is 6. The second kappa shape index (κ2) is 7.58. The van der Waals surface area contributed by atoms with Crippen LogP contribution < -0.4 is 15.6 Å². The molecular formula is C17H21N3O3. The zero-order chi connectivity index (χ0) is 16.8. The molecule has 1 amide bonds. The van der Waals surface area contributed by atoms with Crippen molar-refractivity contribution in [1.82, 2.24) is 15.1 Å². The number of para-hydroxylation sites is 1. The normalized spacial score (nSPS) is 10.6. The van der Waals surface area contributed by atoms with E-state index in [9.17, 15) is 9.59 Å². The van der Waals surface area contributed by atoms with E-state index >= 15 is 0 Å². The summed E-state index contributed by atoms with van der Waals surface area (Å²) in [5, 5.41) is 6.91. The Kier molecular flexibility index (Phi) is 5.51. The highest BCUT2D eigenvalue weighted by Gasteiger charge is 2.11. The SMILES string of the molecule is COc1ccccc1CCNC(=O)c1ccc(=O)n(C(C)C)n1. The zero-order valence-electron chi connectivity index (χ0n) is 13.6. The number of methoxy groups -OCH3 is 1. The molecule has 6 nitrogen and oxygen atoms in total. The summed E-state index contributed by atoms with van der Waals surface area (Å²) in [5.41, 5.74) is 1.04. The van der Waals surface area contributed by atoms with E-state index in [2.05, 4.69) is 10.4 Å². The summed E-state index contributed by atoms with van der Waals surface area (Å²) in [6, 6.07) is 10.4. The van der Waals surface area contributed by atoms with Gasteiger partial charge in [0.15, 0.2) is 0 Å². The molecule has 0 aliphatic heterocycles. The first kappa shape index (κ1) is 16.7. The monoisotopic (exact) mass is 315 g/mol. The molecule has 0 saturated carbocycles. The van der Waals surface area contributed by atoms with Crippen molar-refractivity contribution in [2.75, 3.05) is 13.7 Å². The van der Waals surface area contributed by atoms with Crippen LogP contribution >= 0.6 is 0 Å². The van der Waals surface area contributed by atoms with Gasteiger partial charge in [0.1, 0.15) is 11.4 Å². The summed E-state index contributed by atoms with van der Waals surface area (Å²) in [7, 11) is 1.62. The molecule has 1 heterocycles. The number of benzene rings is 1. The number of amides is 1. The largest absolute Gasteiger partial charge is 0.496 e. The fourth-order valence-electron chi connectivity index (χ4n) is 2.23. The van der Waals surface area contributed by atoms with Gasteiger partial charge in [0.2, 0.25) is 0 Å². The minimum Gasteiger partial charge on any atom is -0.496 e. The van der Waals surface area contributed by atoms with Gasteiger partial charge in [0, 0.05) is 12.6 Å². The molecule has 2 rings (SSSR count). The predicted octanol–water partition coefficient (Wildman–Crippen LogP) is 1.81. The van der Waals surface area contributed by atoms with E-state index in [-0.39, 0.29) is 23.2 Å². The molecule has 0 saturated heterocycles. The Hall–Kier alpha value is -2.63. The summed E-state index contributed by atoms with van der Waals surface area (Å²) in [4.78, 5) is 23.8. The Morgan fingerprint density at radius 1 is 1.26 bits per heavy atom. The third-order valence-corrected chi connectivity index (χ3v) is 3.42. The van der Waals surface area contributed by atoms with Gasteiger partial charge in [0.05, 0.1) is 13.2 Å². The number of hydrogen-bond donors (Lipinski definition) is 1. The Morgan fingerprint density at radius 2 is 2.00 bits per heavy atom. The molecule has 0 aliphatic rings. The minimum absolute atomic E-state index is 0.0937. The number of hydrogen-bond acceptors (Lipinski definition) is 4. The van der Waals surface area contributed by atoms with Gasteiger partial charge in [-0.25, -0.2) is 4.68 Å². The van der Waals surface area contributed by atoms with Crippen molar-refractivity contribution in [1.29, 1.82) is 0 Å². The van der Waals surface area contributed by atoms with Gasteiger partial charge in [-0.1, -0.05) is 18.2 Å². The molecule has 1 aromatic carbocycles. The highest BCUT2D eigenvalue weighted by Crippen LogP contribution is 2.17. The third kappa shape index (κ3) is 4.18. The van der Waals surface area contributed by atoms with E-state index in [0.717, 1.165) is 11.3 Å². The molecule has 0 radical (unpaired) electrons. The Labute approximate surface area is 135 Å². The smallest absolute Gasteiger partial charge is 0.271 e. The van der Waals surface area contributed by atoms with Crippen LogP contribution in [0, 0.1) is 0 Å². The van der Waals surface area contributed by atoms with Crippen LogP contribution in [0.25, 0.3) is 0 Å². The topological polar surface area (TPSA) is 73.2 Å². The van der Waals surface area contributed by atoms with E-state index in [4.69, 9.17) is 4.74 Å². The van der Waals surface area contributed by atoms with Crippen LogP contribution in [0.3, 0.4) is 0 Å². The van der Waals surface area contributed by atoms with E-state index in [1.54, 1.807) is 7.11 Å². The highest BCUT2D eigenvalue weighted by atomic mass is 16.5. The van der Waals surface area contributed by atoms with Crippen molar-refractivity contribution < 1.29 is 9.53 Å². The second-order valence-electron chi connectivity index (χ2n) is 5.41. The maximum absolute atomic E-state index is 12.2. The van der Waals surface area contributed by atoms with Crippen molar-refractivity contribution in [2.24, 2.45) is 0 Å². The van der Waals surface area contributed by atoms with Gasteiger partial charge in [-0.05, 0) is 38.0 Å². The van der Waals surface area contributed by atoms with Gasteiger partial charge in [0.25, 0.3) is 11.5 Å². The van der Waals surface area contributed by atoms with Crippen molar-refractivity contribution >= 4 is 5.91 Å². The molecule has 0 spiro atoms. The van der Waals surface area contributed by atoms with Crippen LogP contribution in [-0.2, 0) is 6.42 Å². The quantitative estimate of drug-likeness (QED) is 0.882. The lowest BCUT2D eigenvalue weighted by molar-refractivity contribution is 0.0946. The average Bonchev–Trinajstić information content (AvgIpc) is 2.55. The van der Waals surface area contributed by atoms with Gasteiger partial charge >= 0.3 is 0 Å². The van der Waals surface area contributed by atoms with Crippen LogP contribution in [-0.4, -0.2) is 29.3 Å². The van der Waals surface area contributed by atoms with Crippen LogP contribution in [0.1, 0.15) is 35.9 Å². The molecule has 2 aromatic rings. The summed E-state index contributed by atoms with van der Waals surface area (Å²) < 4.78 is 6.58. The predicted molar refractivity (Wildman–Crippen MR) is 87.9 cm³/mol. The van der Waals surface area contributed by atoms with E-state index < -0.39 is 0 Å². The molecule has 0 atom stereocenters. The number of nitrogens with one attached hydrogen (secondary N) is 1. The molecule has 0 unspecified atom stereocenters. The second-order valence-corrected chi connectivity index (χ2v) is 5.41. The molecule has 6 heteroatoms. The van der Waals surface area contributed by atoms with Gasteiger partial charge in [-0.15, -0.1) is 0 Å². The first-order chi connectivity index (χ1) is 11.0. The maximum atomic E-state index is 12.2.